The zero-order chi connectivity index (χ0) is 26.5. The van der Waals surface area contributed by atoms with Crippen molar-refractivity contribution in [2.75, 3.05) is 11.9 Å². The first-order valence-electron chi connectivity index (χ1n) is 12.0. The molecule has 3 N–H and O–H groups in total. The zero-order valence-corrected chi connectivity index (χ0v) is 20.3. The van der Waals surface area contributed by atoms with Crippen molar-refractivity contribution in [1.82, 2.24) is 15.2 Å². The van der Waals surface area contributed by atoms with Gasteiger partial charge in [0.1, 0.15) is 29.4 Å². The number of halogens is 2. The second-order valence-corrected chi connectivity index (χ2v) is 10.1. The molecule has 0 aliphatic carbocycles. The lowest BCUT2D eigenvalue weighted by Gasteiger charge is -2.28. The number of para-hydroxylation sites is 1. The number of hydrogen-bond acceptors (Lipinski definition) is 4. The van der Waals surface area contributed by atoms with E-state index in [9.17, 15) is 28.4 Å². The highest BCUT2D eigenvalue weighted by molar-refractivity contribution is 6.07. The number of nitriles is 1. The number of nitrogens with one attached hydrogen (secondary N) is 3. The van der Waals surface area contributed by atoms with Crippen molar-refractivity contribution in [2.45, 2.75) is 44.2 Å². The van der Waals surface area contributed by atoms with Crippen LogP contribution in [0.4, 0.5) is 14.5 Å². The quantitative estimate of drug-likeness (QED) is 0.491. The maximum atomic E-state index is 14.4. The fraction of sp³-hybridized carbons (Fsp3) is 0.333. The molecule has 0 saturated carbocycles. The Morgan fingerprint density at radius 1 is 1.22 bits per heavy atom. The van der Waals surface area contributed by atoms with Crippen LogP contribution in [-0.4, -0.2) is 46.2 Å². The lowest BCUT2D eigenvalue weighted by Crippen LogP contribution is -2.51. The van der Waals surface area contributed by atoms with E-state index in [1.165, 1.54) is 35.2 Å². The van der Waals surface area contributed by atoms with Gasteiger partial charge >= 0.3 is 0 Å². The van der Waals surface area contributed by atoms with Gasteiger partial charge in [-0.25, -0.2) is 8.78 Å². The number of aromatic amines is 1. The second-order valence-electron chi connectivity index (χ2n) is 10.1. The summed E-state index contributed by atoms with van der Waals surface area (Å²) in [6, 6.07) is 10.4. The highest BCUT2D eigenvalue weighted by Crippen LogP contribution is 2.47. The highest BCUT2D eigenvalue weighted by atomic mass is 19.1. The minimum Gasteiger partial charge on any atom is -0.350 e. The number of anilines is 1. The van der Waals surface area contributed by atoms with Crippen molar-refractivity contribution >= 4 is 34.3 Å². The highest BCUT2D eigenvalue weighted by Gasteiger charge is 2.57. The third kappa shape index (κ3) is 4.00. The molecule has 0 radical (unpaired) electrons. The number of benzene rings is 2. The smallest absolute Gasteiger partial charge is 0.268 e. The summed E-state index contributed by atoms with van der Waals surface area (Å²) in [7, 11) is 0. The summed E-state index contributed by atoms with van der Waals surface area (Å²) in [5.41, 5.74) is -0.236. The molecule has 1 unspecified atom stereocenters. The molecule has 5 rings (SSSR count). The number of H-pyrrole nitrogens is 1. The molecule has 1 spiro atoms. The molecule has 190 valence electrons. The molecule has 1 saturated heterocycles. The van der Waals surface area contributed by atoms with E-state index >= 15 is 0 Å². The minimum absolute atomic E-state index is 0.0103. The van der Waals surface area contributed by atoms with Gasteiger partial charge in [0.15, 0.2) is 0 Å². The maximum absolute atomic E-state index is 14.4. The van der Waals surface area contributed by atoms with Crippen molar-refractivity contribution in [1.29, 1.82) is 5.26 Å². The van der Waals surface area contributed by atoms with Crippen LogP contribution in [0.25, 0.3) is 10.9 Å². The summed E-state index contributed by atoms with van der Waals surface area (Å²) >= 11 is 0. The Morgan fingerprint density at radius 3 is 2.65 bits per heavy atom. The zero-order valence-electron chi connectivity index (χ0n) is 20.3. The first-order valence-corrected chi connectivity index (χ1v) is 12.0. The van der Waals surface area contributed by atoms with Gasteiger partial charge in [0.05, 0.1) is 17.2 Å². The fourth-order valence-electron chi connectivity index (χ4n) is 5.39. The molecule has 10 heteroatoms. The molecule has 3 aromatic rings. The van der Waals surface area contributed by atoms with Crippen LogP contribution in [0.5, 0.6) is 0 Å². The lowest BCUT2D eigenvalue weighted by atomic mass is 9.79. The van der Waals surface area contributed by atoms with E-state index in [4.69, 9.17) is 0 Å². The van der Waals surface area contributed by atoms with Gasteiger partial charge in [-0.15, -0.1) is 0 Å². The summed E-state index contributed by atoms with van der Waals surface area (Å²) in [5, 5.41) is 15.4. The van der Waals surface area contributed by atoms with Crippen molar-refractivity contribution < 1.29 is 23.2 Å². The Labute approximate surface area is 211 Å². The van der Waals surface area contributed by atoms with Crippen LogP contribution in [-0.2, 0) is 15.0 Å². The standard InChI is InChI=1S/C27H25F2N5O3/c1-14(2)9-22(32-24(35)21-10-16-18(28)6-4-8-20(16)31-21)25(36)34-13-27(11-15(34)12-30)17-5-3-7-19(29)23(17)33-26(27)37/h3-8,10,14-15,22,31H,9,11,13H2,1-2H3,(H,32,35)(H,33,37)/t15-,22?,27-/m0/s1. The Morgan fingerprint density at radius 2 is 1.95 bits per heavy atom. The van der Waals surface area contributed by atoms with Crippen LogP contribution in [0.15, 0.2) is 42.5 Å². The van der Waals surface area contributed by atoms with Gasteiger partial charge in [-0.2, -0.15) is 5.26 Å². The fourth-order valence-corrected chi connectivity index (χ4v) is 5.39. The Balaban J connectivity index is 1.43. The molecular weight excluding hydrogens is 480 g/mol. The molecule has 37 heavy (non-hydrogen) atoms. The van der Waals surface area contributed by atoms with E-state index in [-0.39, 0.29) is 42.1 Å². The Bertz CT molecular complexity index is 1480. The van der Waals surface area contributed by atoms with Gasteiger partial charge in [-0.05, 0) is 42.2 Å². The second kappa shape index (κ2) is 9.00. The van der Waals surface area contributed by atoms with Gasteiger partial charge in [-0.3, -0.25) is 14.4 Å². The van der Waals surface area contributed by atoms with Gasteiger partial charge in [-0.1, -0.05) is 32.0 Å². The predicted molar refractivity (Wildman–Crippen MR) is 131 cm³/mol. The van der Waals surface area contributed by atoms with Crippen LogP contribution in [0.2, 0.25) is 0 Å². The molecular formula is C27H25F2N5O3. The van der Waals surface area contributed by atoms with Crippen molar-refractivity contribution in [3.63, 3.8) is 0 Å². The van der Waals surface area contributed by atoms with E-state index in [2.05, 4.69) is 21.7 Å². The molecule has 3 amide bonds. The molecule has 2 aliphatic rings. The summed E-state index contributed by atoms with van der Waals surface area (Å²) in [6.45, 7) is 3.66. The first kappa shape index (κ1) is 24.4. The van der Waals surface area contributed by atoms with E-state index in [0.29, 0.717) is 11.1 Å². The lowest BCUT2D eigenvalue weighted by molar-refractivity contribution is -0.134. The largest absolute Gasteiger partial charge is 0.350 e. The molecule has 2 aromatic carbocycles. The number of hydrogen-bond donors (Lipinski definition) is 3. The molecule has 8 nitrogen and oxygen atoms in total. The molecule has 2 aliphatic heterocycles. The molecule has 0 bridgehead atoms. The van der Waals surface area contributed by atoms with Gasteiger partial charge in [0, 0.05) is 23.9 Å². The molecule has 3 atom stereocenters. The molecule has 3 heterocycles. The molecule has 1 fully saturated rings. The Hall–Kier alpha value is -4.26. The summed E-state index contributed by atoms with van der Waals surface area (Å²) < 4.78 is 28.5. The SMILES string of the molecule is CC(C)CC(NC(=O)c1cc2c(F)cccc2[nH]1)C(=O)N1C[C@]2(C[C@H]1C#N)C(=O)Nc1c(F)cccc12. The van der Waals surface area contributed by atoms with Crippen LogP contribution in [0.3, 0.4) is 0 Å². The normalized spacial score (nSPS) is 21.2. The van der Waals surface area contributed by atoms with Crippen LogP contribution in [0, 0.1) is 28.9 Å². The van der Waals surface area contributed by atoms with E-state index < -0.39 is 46.9 Å². The number of likely N-dealkylation sites (tertiary alicyclic amines) is 1. The van der Waals surface area contributed by atoms with Crippen molar-refractivity contribution in [3.8, 4) is 6.07 Å². The predicted octanol–water partition coefficient (Wildman–Crippen LogP) is 3.61. The van der Waals surface area contributed by atoms with Crippen LogP contribution in [0.1, 0.15) is 42.7 Å². The topological polar surface area (TPSA) is 118 Å². The number of carbonyl (C=O) groups excluding carboxylic acids is 3. The number of carbonyl (C=O) groups is 3. The third-order valence-corrected chi connectivity index (χ3v) is 7.16. The summed E-state index contributed by atoms with van der Waals surface area (Å²) in [4.78, 5) is 44.0. The van der Waals surface area contributed by atoms with E-state index in [1.807, 2.05) is 13.8 Å². The number of aromatic nitrogens is 1. The number of rotatable bonds is 5. The van der Waals surface area contributed by atoms with Gasteiger partial charge < -0.3 is 20.5 Å². The minimum atomic E-state index is -1.26. The average Bonchev–Trinajstić information content (AvgIpc) is 3.54. The number of nitrogens with zero attached hydrogens (tertiary/aromatic N) is 2. The van der Waals surface area contributed by atoms with E-state index in [1.54, 1.807) is 12.1 Å². The first-order chi connectivity index (χ1) is 17.6. The number of fused-ring (bicyclic) bond motifs is 3. The maximum Gasteiger partial charge on any atom is 0.268 e. The average molecular weight is 506 g/mol. The van der Waals surface area contributed by atoms with Crippen molar-refractivity contribution in [3.05, 3.63) is 65.4 Å². The Kier molecular flexibility index (Phi) is 5.94. The van der Waals surface area contributed by atoms with Crippen LogP contribution < -0.4 is 10.6 Å². The summed E-state index contributed by atoms with van der Waals surface area (Å²) in [6.07, 6.45) is 0.291. The van der Waals surface area contributed by atoms with Gasteiger partial charge in [0.2, 0.25) is 11.8 Å². The van der Waals surface area contributed by atoms with E-state index in [0.717, 1.165) is 0 Å². The van der Waals surface area contributed by atoms with Crippen LogP contribution >= 0.6 is 0 Å². The number of amides is 3. The van der Waals surface area contributed by atoms with Gasteiger partial charge in [0.25, 0.3) is 5.91 Å². The monoisotopic (exact) mass is 505 g/mol. The van der Waals surface area contributed by atoms with Crippen molar-refractivity contribution in [2.24, 2.45) is 5.92 Å². The molecule has 1 aromatic heterocycles. The summed E-state index contributed by atoms with van der Waals surface area (Å²) in [5.74, 6) is -2.62. The third-order valence-electron chi connectivity index (χ3n) is 7.16.